The van der Waals surface area contributed by atoms with Crippen molar-refractivity contribution in [3.05, 3.63) is 35.4 Å². The van der Waals surface area contributed by atoms with Crippen LogP contribution in [0.2, 0.25) is 0 Å². The van der Waals surface area contributed by atoms with Crippen LogP contribution in [-0.2, 0) is 0 Å². The number of rotatable bonds is 1. The molecule has 12 heavy (non-hydrogen) atoms. The number of carbonyl (C=O) groups is 1. The van der Waals surface area contributed by atoms with Gasteiger partial charge in [-0.3, -0.25) is 0 Å². The topological polar surface area (TPSA) is 61.1 Å². The zero-order chi connectivity index (χ0) is 8.27. The molecule has 3 nitrogen and oxygen atoms in total. The van der Waals surface area contributed by atoms with Crippen molar-refractivity contribution in [3.63, 3.8) is 0 Å². The van der Waals surface area contributed by atoms with Gasteiger partial charge < -0.3 is 5.11 Å². The molecular formula is C8H8GaNO2. The maximum atomic E-state index is 10.4. The van der Waals surface area contributed by atoms with Gasteiger partial charge in [0.2, 0.25) is 0 Å². The second kappa shape index (κ2) is 4.65. The molecule has 0 aliphatic heterocycles. The van der Waals surface area contributed by atoms with E-state index in [0.717, 1.165) is 0 Å². The van der Waals surface area contributed by atoms with E-state index < -0.39 is 5.97 Å². The monoisotopic (exact) mass is 219 g/mol. The average Bonchev–Trinajstić information content (AvgIpc) is 2.04. The molecule has 0 radical (unpaired) electrons. The fraction of sp³-hybridized carbons (Fsp3) is 0. The standard InChI is InChI=1S/C8H5NO2.Ga.3H/c9-5-6-3-1-2-4-7(6)8(10)11;;;;/h1-4H,(H,10,11);;;;. The zero-order valence-corrected chi connectivity index (χ0v) is 5.61. The van der Waals surface area contributed by atoms with Crippen LogP contribution < -0.4 is 0 Å². The third-order valence-corrected chi connectivity index (χ3v) is 1.28. The number of hydrogen-bond donors (Lipinski definition) is 1. The molecule has 0 atom stereocenters. The van der Waals surface area contributed by atoms with Gasteiger partial charge in [0.05, 0.1) is 11.1 Å². The summed E-state index contributed by atoms with van der Waals surface area (Å²) in [6.45, 7) is 0. The van der Waals surface area contributed by atoms with Crippen molar-refractivity contribution in [1.29, 1.82) is 5.26 Å². The third-order valence-electron chi connectivity index (χ3n) is 1.28. The quantitative estimate of drug-likeness (QED) is 0.681. The Kier molecular flexibility index (Phi) is 4.19. The Morgan fingerprint density at radius 1 is 1.42 bits per heavy atom. The number of carboxylic acids is 1. The normalized spacial score (nSPS) is 7.92. The summed E-state index contributed by atoms with van der Waals surface area (Å²) in [6, 6.07) is 7.89. The van der Waals surface area contributed by atoms with Crippen LogP contribution >= 0.6 is 0 Å². The first-order valence-corrected chi connectivity index (χ1v) is 2.98. The summed E-state index contributed by atoms with van der Waals surface area (Å²) in [6.07, 6.45) is 0. The van der Waals surface area contributed by atoms with Crippen LogP contribution in [-0.4, -0.2) is 30.9 Å². The van der Waals surface area contributed by atoms with E-state index in [1.165, 1.54) is 12.1 Å². The van der Waals surface area contributed by atoms with Gasteiger partial charge in [0.25, 0.3) is 0 Å². The number of nitriles is 1. The fourth-order valence-electron chi connectivity index (χ4n) is 0.767. The van der Waals surface area contributed by atoms with E-state index in [1.54, 1.807) is 18.2 Å². The predicted molar refractivity (Wildman–Crippen MR) is 48.1 cm³/mol. The van der Waals surface area contributed by atoms with Gasteiger partial charge in [-0.1, -0.05) is 12.1 Å². The molecule has 0 aliphatic carbocycles. The van der Waals surface area contributed by atoms with E-state index in [1.807, 2.05) is 0 Å². The molecule has 1 rings (SSSR count). The van der Waals surface area contributed by atoms with Gasteiger partial charge in [-0.15, -0.1) is 0 Å². The van der Waals surface area contributed by atoms with Crippen molar-refractivity contribution in [2.45, 2.75) is 0 Å². The number of benzene rings is 1. The molecule has 0 fully saturated rings. The van der Waals surface area contributed by atoms with Gasteiger partial charge in [0.15, 0.2) is 0 Å². The van der Waals surface area contributed by atoms with Gasteiger partial charge in [-0.05, 0) is 12.1 Å². The van der Waals surface area contributed by atoms with E-state index in [-0.39, 0.29) is 30.9 Å². The van der Waals surface area contributed by atoms with Crippen molar-refractivity contribution in [1.82, 2.24) is 0 Å². The van der Waals surface area contributed by atoms with Gasteiger partial charge in [0.1, 0.15) is 6.07 Å². The zero-order valence-electron chi connectivity index (χ0n) is 5.61. The van der Waals surface area contributed by atoms with Crippen molar-refractivity contribution in [2.24, 2.45) is 0 Å². The first-order chi connectivity index (χ1) is 5.25. The summed E-state index contributed by atoms with van der Waals surface area (Å²) < 4.78 is 0. The summed E-state index contributed by atoms with van der Waals surface area (Å²) in [5.41, 5.74) is 0.245. The molecular weight excluding hydrogens is 212 g/mol. The number of carboxylic acid groups (broad SMARTS) is 1. The van der Waals surface area contributed by atoms with Crippen LogP contribution in [0.25, 0.3) is 0 Å². The Labute approximate surface area is 82.7 Å². The van der Waals surface area contributed by atoms with Crippen molar-refractivity contribution in [3.8, 4) is 6.07 Å². The molecule has 0 saturated heterocycles. The van der Waals surface area contributed by atoms with E-state index in [9.17, 15) is 4.79 Å². The maximum absolute atomic E-state index is 10.4. The van der Waals surface area contributed by atoms with Crippen molar-refractivity contribution < 1.29 is 9.90 Å². The van der Waals surface area contributed by atoms with E-state index in [0.29, 0.717) is 0 Å². The summed E-state index contributed by atoms with van der Waals surface area (Å²) in [5, 5.41) is 17.0. The van der Waals surface area contributed by atoms with E-state index >= 15 is 0 Å². The van der Waals surface area contributed by atoms with Crippen LogP contribution in [0.5, 0.6) is 0 Å². The molecule has 0 heterocycles. The molecule has 0 amide bonds. The van der Waals surface area contributed by atoms with Crippen LogP contribution in [0.4, 0.5) is 0 Å². The molecule has 1 aromatic rings. The average molecular weight is 220 g/mol. The Morgan fingerprint density at radius 2 is 2.00 bits per heavy atom. The molecule has 1 N–H and O–H groups in total. The fourth-order valence-corrected chi connectivity index (χ4v) is 0.767. The summed E-state index contributed by atoms with van der Waals surface area (Å²) >= 11 is 0. The molecule has 0 aliphatic rings. The summed E-state index contributed by atoms with van der Waals surface area (Å²) in [5.74, 6) is -1.07. The molecule has 4 heteroatoms. The SMILES string of the molecule is N#Cc1ccccc1C(=O)O.[GaH3]. The van der Waals surface area contributed by atoms with Crippen molar-refractivity contribution in [2.75, 3.05) is 0 Å². The van der Waals surface area contributed by atoms with Crippen LogP contribution in [0.3, 0.4) is 0 Å². The molecule has 60 valence electrons. The Balaban J connectivity index is 0.00000121. The van der Waals surface area contributed by atoms with E-state index in [2.05, 4.69) is 0 Å². The van der Waals surface area contributed by atoms with Crippen molar-refractivity contribution >= 4 is 25.8 Å². The van der Waals surface area contributed by atoms with Gasteiger partial charge >= 0.3 is 25.8 Å². The Hall–Kier alpha value is -1.18. The first-order valence-electron chi connectivity index (χ1n) is 2.98. The van der Waals surface area contributed by atoms with Gasteiger partial charge in [0, 0.05) is 0 Å². The molecule has 1 aromatic carbocycles. The second-order valence-corrected chi connectivity index (χ2v) is 1.96. The molecule has 0 aromatic heterocycles. The summed E-state index contributed by atoms with van der Waals surface area (Å²) in [7, 11) is 0. The number of aromatic carboxylic acids is 1. The second-order valence-electron chi connectivity index (χ2n) is 1.96. The molecule has 0 bridgehead atoms. The third kappa shape index (κ3) is 2.15. The molecule has 0 spiro atoms. The summed E-state index contributed by atoms with van der Waals surface area (Å²) in [4.78, 5) is 10.4. The van der Waals surface area contributed by atoms with Crippen LogP contribution in [0.1, 0.15) is 15.9 Å². The predicted octanol–water partition coefficient (Wildman–Crippen LogP) is 0.0726. The Morgan fingerprint density at radius 3 is 2.42 bits per heavy atom. The van der Waals surface area contributed by atoms with Crippen LogP contribution in [0, 0.1) is 11.3 Å². The first kappa shape index (κ1) is 10.8. The number of hydrogen-bond acceptors (Lipinski definition) is 2. The minimum absolute atomic E-state index is 0. The molecule has 0 unspecified atom stereocenters. The minimum atomic E-state index is -1.07. The molecule has 0 saturated carbocycles. The van der Waals surface area contributed by atoms with Crippen LogP contribution in [0.15, 0.2) is 24.3 Å². The van der Waals surface area contributed by atoms with E-state index in [4.69, 9.17) is 10.4 Å². The van der Waals surface area contributed by atoms with Gasteiger partial charge in [-0.2, -0.15) is 5.26 Å². The Bertz CT molecular complexity index is 330. The van der Waals surface area contributed by atoms with Gasteiger partial charge in [-0.25, -0.2) is 4.79 Å². The number of nitrogens with zero attached hydrogens (tertiary/aromatic N) is 1.